The van der Waals surface area contributed by atoms with E-state index in [2.05, 4.69) is 18.7 Å². The number of hydrogen-bond acceptors (Lipinski definition) is 2. The molecule has 0 atom stereocenters. The van der Waals surface area contributed by atoms with Crippen molar-refractivity contribution in [3.05, 3.63) is 34.3 Å². The molecule has 3 heteroatoms. The van der Waals surface area contributed by atoms with Crippen LogP contribution in [-0.2, 0) is 4.79 Å². The standard InChI is InChI=1S/C8H9Cl.CH5N.CH2O/c1-6-3-4-8(9)7(2)5-6;2*1-2/h3-5H,1-2H3;2H2,1H3;1H2. The Morgan fingerprint density at radius 3 is 2.00 bits per heavy atom. The number of halogens is 1. The summed E-state index contributed by atoms with van der Waals surface area (Å²) in [5.74, 6) is 0. The average molecular weight is 202 g/mol. The van der Waals surface area contributed by atoms with Gasteiger partial charge in [0.25, 0.3) is 0 Å². The predicted octanol–water partition coefficient (Wildman–Crippen LogP) is 2.35. The van der Waals surface area contributed by atoms with Crippen molar-refractivity contribution in [1.29, 1.82) is 0 Å². The molecular weight excluding hydrogens is 186 g/mol. The third kappa shape index (κ3) is 6.31. The second-order valence-electron chi connectivity index (χ2n) is 2.25. The molecule has 0 saturated heterocycles. The van der Waals surface area contributed by atoms with E-state index < -0.39 is 0 Å². The van der Waals surface area contributed by atoms with Gasteiger partial charge in [0, 0.05) is 5.02 Å². The fraction of sp³-hybridized carbons (Fsp3) is 0.300. The van der Waals surface area contributed by atoms with Gasteiger partial charge in [-0.1, -0.05) is 29.3 Å². The molecule has 0 saturated carbocycles. The minimum Gasteiger partial charge on any atom is -0.333 e. The molecule has 0 heterocycles. The zero-order chi connectivity index (χ0) is 10.9. The maximum absolute atomic E-state index is 8.00. The molecule has 0 aliphatic rings. The molecule has 0 aliphatic heterocycles. The van der Waals surface area contributed by atoms with Crippen LogP contribution in [0.5, 0.6) is 0 Å². The Kier molecular flexibility index (Phi) is 10.4. The summed E-state index contributed by atoms with van der Waals surface area (Å²) in [6, 6.07) is 6.00. The van der Waals surface area contributed by atoms with E-state index in [0.29, 0.717) is 0 Å². The van der Waals surface area contributed by atoms with Crippen LogP contribution in [0, 0.1) is 13.8 Å². The van der Waals surface area contributed by atoms with Crippen LogP contribution in [0.25, 0.3) is 0 Å². The van der Waals surface area contributed by atoms with E-state index in [-0.39, 0.29) is 0 Å². The maximum atomic E-state index is 8.00. The van der Waals surface area contributed by atoms with Gasteiger partial charge in [-0.05, 0) is 32.5 Å². The lowest BCUT2D eigenvalue weighted by atomic mass is 10.2. The molecule has 2 N–H and O–H groups in total. The second kappa shape index (κ2) is 9.23. The molecule has 1 aromatic rings. The van der Waals surface area contributed by atoms with Crippen molar-refractivity contribution in [2.75, 3.05) is 7.05 Å². The fourth-order valence-corrected chi connectivity index (χ4v) is 0.912. The Morgan fingerprint density at radius 1 is 1.23 bits per heavy atom. The van der Waals surface area contributed by atoms with Crippen molar-refractivity contribution in [2.45, 2.75) is 13.8 Å². The number of carbonyl (C=O) groups excluding carboxylic acids is 1. The van der Waals surface area contributed by atoms with Crippen LogP contribution in [-0.4, -0.2) is 13.8 Å². The molecular formula is C10H16ClNO. The van der Waals surface area contributed by atoms with Gasteiger partial charge in [-0.25, -0.2) is 0 Å². The Morgan fingerprint density at radius 2 is 1.69 bits per heavy atom. The number of aryl methyl sites for hydroxylation is 2. The van der Waals surface area contributed by atoms with Crippen molar-refractivity contribution in [2.24, 2.45) is 5.73 Å². The molecule has 0 bridgehead atoms. The van der Waals surface area contributed by atoms with Crippen LogP contribution in [0.4, 0.5) is 0 Å². The molecule has 0 radical (unpaired) electrons. The van der Waals surface area contributed by atoms with Gasteiger partial charge in [0.1, 0.15) is 6.79 Å². The Labute approximate surface area is 84.7 Å². The highest BCUT2D eigenvalue weighted by Crippen LogP contribution is 2.14. The third-order valence-corrected chi connectivity index (χ3v) is 1.74. The van der Waals surface area contributed by atoms with Gasteiger partial charge in [0.15, 0.2) is 0 Å². The van der Waals surface area contributed by atoms with E-state index in [4.69, 9.17) is 16.4 Å². The smallest absolute Gasteiger partial charge is 0.106 e. The zero-order valence-electron chi connectivity index (χ0n) is 8.30. The highest BCUT2D eigenvalue weighted by Gasteiger charge is 1.91. The molecule has 13 heavy (non-hydrogen) atoms. The number of carbonyl (C=O) groups is 1. The van der Waals surface area contributed by atoms with E-state index in [1.807, 2.05) is 25.8 Å². The number of nitrogens with two attached hydrogens (primary N) is 1. The highest BCUT2D eigenvalue weighted by atomic mass is 35.5. The Balaban J connectivity index is 0. The van der Waals surface area contributed by atoms with Crippen molar-refractivity contribution < 1.29 is 4.79 Å². The monoisotopic (exact) mass is 201 g/mol. The van der Waals surface area contributed by atoms with Crippen LogP contribution in [0.1, 0.15) is 11.1 Å². The summed E-state index contributed by atoms with van der Waals surface area (Å²) in [7, 11) is 1.50. The molecule has 74 valence electrons. The highest BCUT2D eigenvalue weighted by molar-refractivity contribution is 6.31. The summed E-state index contributed by atoms with van der Waals surface area (Å²) in [6.07, 6.45) is 0. The normalized spacial score (nSPS) is 7.46. The van der Waals surface area contributed by atoms with Gasteiger partial charge in [0.2, 0.25) is 0 Å². The van der Waals surface area contributed by atoms with Crippen LogP contribution < -0.4 is 5.73 Å². The van der Waals surface area contributed by atoms with Crippen molar-refractivity contribution >= 4 is 18.4 Å². The molecule has 0 aromatic heterocycles. The zero-order valence-corrected chi connectivity index (χ0v) is 9.06. The minimum atomic E-state index is 0.848. The van der Waals surface area contributed by atoms with Gasteiger partial charge in [-0.3, -0.25) is 0 Å². The van der Waals surface area contributed by atoms with Gasteiger partial charge in [-0.2, -0.15) is 0 Å². The number of rotatable bonds is 0. The van der Waals surface area contributed by atoms with E-state index in [1.54, 1.807) is 0 Å². The van der Waals surface area contributed by atoms with Crippen molar-refractivity contribution in [3.63, 3.8) is 0 Å². The minimum absolute atomic E-state index is 0.848. The first-order chi connectivity index (χ1) is 6.20. The third-order valence-electron chi connectivity index (χ3n) is 1.31. The quantitative estimate of drug-likeness (QED) is 0.700. The summed E-state index contributed by atoms with van der Waals surface area (Å²) in [4.78, 5) is 8.00. The summed E-state index contributed by atoms with van der Waals surface area (Å²) in [5, 5.41) is 0.848. The molecule has 0 spiro atoms. The molecule has 0 fully saturated rings. The Hall–Kier alpha value is -0.860. The molecule has 1 aromatic carbocycles. The maximum Gasteiger partial charge on any atom is 0.106 e. The second-order valence-corrected chi connectivity index (χ2v) is 2.66. The first kappa shape index (κ1) is 14.7. The van der Waals surface area contributed by atoms with E-state index in [1.165, 1.54) is 12.6 Å². The molecule has 0 amide bonds. The average Bonchev–Trinajstić information content (AvgIpc) is 2.18. The summed E-state index contributed by atoms with van der Waals surface area (Å²) in [6.45, 7) is 6.07. The lowest BCUT2D eigenvalue weighted by Crippen LogP contribution is -1.75. The summed E-state index contributed by atoms with van der Waals surface area (Å²) >= 11 is 5.78. The van der Waals surface area contributed by atoms with Crippen LogP contribution in [0.2, 0.25) is 5.02 Å². The van der Waals surface area contributed by atoms with E-state index in [9.17, 15) is 0 Å². The molecule has 0 aliphatic carbocycles. The topological polar surface area (TPSA) is 43.1 Å². The number of benzene rings is 1. The fourth-order valence-electron chi connectivity index (χ4n) is 0.795. The van der Waals surface area contributed by atoms with Crippen molar-refractivity contribution in [3.8, 4) is 0 Å². The lowest BCUT2D eigenvalue weighted by Gasteiger charge is -1.96. The number of hydrogen-bond donors (Lipinski definition) is 1. The Bertz CT molecular complexity index is 238. The van der Waals surface area contributed by atoms with Gasteiger partial charge < -0.3 is 10.5 Å². The van der Waals surface area contributed by atoms with E-state index >= 15 is 0 Å². The van der Waals surface area contributed by atoms with Crippen LogP contribution in [0.15, 0.2) is 18.2 Å². The van der Waals surface area contributed by atoms with Gasteiger partial charge in [0.05, 0.1) is 0 Å². The predicted molar refractivity (Wildman–Crippen MR) is 58.2 cm³/mol. The largest absolute Gasteiger partial charge is 0.333 e. The molecule has 2 nitrogen and oxygen atoms in total. The first-order valence-corrected chi connectivity index (χ1v) is 4.17. The van der Waals surface area contributed by atoms with Crippen molar-refractivity contribution in [1.82, 2.24) is 0 Å². The first-order valence-electron chi connectivity index (χ1n) is 3.79. The van der Waals surface area contributed by atoms with Crippen LogP contribution in [0.3, 0.4) is 0 Å². The molecule has 0 unspecified atom stereocenters. The van der Waals surface area contributed by atoms with Gasteiger partial charge >= 0.3 is 0 Å². The van der Waals surface area contributed by atoms with Crippen LogP contribution >= 0.6 is 11.6 Å². The summed E-state index contributed by atoms with van der Waals surface area (Å²) in [5.41, 5.74) is 6.91. The van der Waals surface area contributed by atoms with Gasteiger partial charge in [-0.15, -0.1) is 0 Å². The SMILES string of the molecule is C=O.CN.Cc1ccc(Cl)c(C)c1. The molecule has 1 rings (SSSR count). The van der Waals surface area contributed by atoms with E-state index in [0.717, 1.165) is 10.6 Å². The lowest BCUT2D eigenvalue weighted by molar-refractivity contribution is -0.0979. The summed E-state index contributed by atoms with van der Waals surface area (Å²) < 4.78 is 0.